The van der Waals surface area contributed by atoms with E-state index in [1.807, 2.05) is 0 Å². The zero-order valence-corrected chi connectivity index (χ0v) is 14.4. The predicted molar refractivity (Wildman–Crippen MR) is 87.5 cm³/mol. The highest BCUT2D eigenvalue weighted by Gasteiger charge is 2.05. The van der Waals surface area contributed by atoms with Gasteiger partial charge in [0.15, 0.2) is 0 Å². The second-order valence-corrected chi connectivity index (χ2v) is 6.64. The second-order valence-electron chi connectivity index (χ2n) is 5.36. The topological polar surface area (TPSA) is 26.3 Å². The number of carbonyl (C=O) groups excluding carboxylic acids is 1. The molecule has 0 heterocycles. The highest BCUT2D eigenvalue weighted by Crippen LogP contribution is 2.12. The van der Waals surface area contributed by atoms with Crippen LogP contribution in [0.2, 0.25) is 0 Å². The van der Waals surface area contributed by atoms with Gasteiger partial charge in [-0.1, -0.05) is 71.1 Å². The summed E-state index contributed by atoms with van der Waals surface area (Å²) in [4.78, 5) is 10.7. The highest BCUT2D eigenvalue weighted by molar-refractivity contribution is 6.44. The van der Waals surface area contributed by atoms with Crippen molar-refractivity contribution in [3.05, 3.63) is 0 Å². The molecule has 0 saturated heterocycles. The fourth-order valence-corrected chi connectivity index (χ4v) is 2.29. The maximum absolute atomic E-state index is 11.3. The first-order chi connectivity index (χ1) is 9.66. The van der Waals surface area contributed by atoms with E-state index < -0.39 is 4.84 Å². The number of hydrogen-bond donors (Lipinski definition) is 0. The Kier molecular flexibility index (Phi) is 15.5. The molecular formula is C16H30Cl2O2. The van der Waals surface area contributed by atoms with E-state index >= 15 is 0 Å². The quantitative estimate of drug-likeness (QED) is 0.221. The molecule has 0 spiro atoms. The van der Waals surface area contributed by atoms with Gasteiger partial charge >= 0.3 is 5.97 Å². The van der Waals surface area contributed by atoms with Crippen molar-refractivity contribution in [3.8, 4) is 0 Å². The summed E-state index contributed by atoms with van der Waals surface area (Å²) in [6.07, 6.45) is 14.6. The summed E-state index contributed by atoms with van der Waals surface area (Å²) in [7, 11) is 0. The molecule has 0 aromatic rings. The van der Waals surface area contributed by atoms with Crippen LogP contribution in [-0.2, 0) is 9.53 Å². The van der Waals surface area contributed by atoms with Crippen molar-refractivity contribution in [1.29, 1.82) is 0 Å². The van der Waals surface area contributed by atoms with Gasteiger partial charge in [-0.3, -0.25) is 4.79 Å². The lowest BCUT2D eigenvalue weighted by Crippen LogP contribution is -2.09. The van der Waals surface area contributed by atoms with E-state index in [1.165, 1.54) is 57.8 Å². The molecule has 0 saturated carbocycles. The summed E-state index contributed by atoms with van der Waals surface area (Å²) >= 11 is 11.0. The van der Waals surface area contributed by atoms with Crippen LogP contribution in [0.3, 0.4) is 0 Å². The molecular weight excluding hydrogens is 295 g/mol. The number of carbonyl (C=O) groups is 1. The van der Waals surface area contributed by atoms with Gasteiger partial charge in [0.25, 0.3) is 0 Å². The number of esters is 1. The predicted octanol–water partition coefficient (Wildman–Crippen LogP) is 6.03. The first kappa shape index (κ1) is 20.1. The molecule has 0 aromatic heterocycles. The van der Waals surface area contributed by atoms with Crippen molar-refractivity contribution in [2.24, 2.45) is 0 Å². The average Bonchev–Trinajstić information content (AvgIpc) is 2.42. The van der Waals surface area contributed by atoms with Crippen LogP contribution in [0.15, 0.2) is 0 Å². The standard InChI is InChI=1S/C16H30Cl2O2/c1-2-3-4-5-6-7-8-9-10-11-12-13-16(19)20-14-15(17)18/h15H,2-14H2,1H3. The van der Waals surface area contributed by atoms with Crippen LogP contribution in [0.25, 0.3) is 0 Å². The Morgan fingerprint density at radius 2 is 1.30 bits per heavy atom. The summed E-state index contributed by atoms with van der Waals surface area (Å²) in [5.74, 6) is -0.188. The molecule has 0 aromatic carbocycles. The molecule has 0 atom stereocenters. The molecule has 0 unspecified atom stereocenters. The highest BCUT2D eigenvalue weighted by atomic mass is 35.5. The van der Waals surface area contributed by atoms with Crippen molar-refractivity contribution in [3.63, 3.8) is 0 Å². The molecule has 0 fully saturated rings. The molecule has 0 aliphatic carbocycles. The number of rotatable bonds is 14. The first-order valence-corrected chi connectivity index (χ1v) is 8.98. The average molecular weight is 325 g/mol. The summed E-state index contributed by atoms with van der Waals surface area (Å²) in [6, 6.07) is 0. The van der Waals surface area contributed by atoms with Crippen molar-refractivity contribution >= 4 is 29.2 Å². The van der Waals surface area contributed by atoms with Crippen molar-refractivity contribution in [2.75, 3.05) is 6.61 Å². The minimum atomic E-state index is -0.615. The zero-order valence-electron chi connectivity index (χ0n) is 12.8. The second kappa shape index (κ2) is 15.4. The van der Waals surface area contributed by atoms with E-state index in [0.29, 0.717) is 6.42 Å². The lowest BCUT2D eigenvalue weighted by molar-refractivity contribution is -0.143. The van der Waals surface area contributed by atoms with Crippen LogP contribution in [0.5, 0.6) is 0 Å². The van der Waals surface area contributed by atoms with Crippen LogP contribution in [0, 0.1) is 0 Å². The molecule has 0 bridgehead atoms. The van der Waals surface area contributed by atoms with Crippen molar-refractivity contribution in [1.82, 2.24) is 0 Å². The number of unbranched alkanes of at least 4 members (excludes halogenated alkanes) is 10. The largest absolute Gasteiger partial charge is 0.463 e. The Morgan fingerprint density at radius 1 is 0.850 bits per heavy atom. The molecule has 0 rings (SSSR count). The number of ether oxygens (including phenoxy) is 1. The smallest absolute Gasteiger partial charge is 0.305 e. The van der Waals surface area contributed by atoms with Gasteiger partial charge in [0.1, 0.15) is 11.4 Å². The van der Waals surface area contributed by atoms with Gasteiger partial charge in [-0.15, -0.1) is 23.2 Å². The summed E-state index contributed by atoms with van der Waals surface area (Å²) < 4.78 is 4.89. The van der Waals surface area contributed by atoms with Gasteiger partial charge in [0, 0.05) is 6.42 Å². The minimum Gasteiger partial charge on any atom is -0.463 e. The van der Waals surface area contributed by atoms with E-state index in [-0.39, 0.29) is 12.6 Å². The summed E-state index contributed by atoms with van der Waals surface area (Å²) in [5.41, 5.74) is 0. The van der Waals surface area contributed by atoms with Gasteiger partial charge in [0.2, 0.25) is 0 Å². The minimum absolute atomic E-state index is 0.0972. The fourth-order valence-electron chi connectivity index (χ4n) is 2.16. The van der Waals surface area contributed by atoms with Crippen LogP contribution >= 0.6 is 23.2 Å². The lowest BCUT2D eigenvalue weighted by atomic mass is 10.1. The van der Waals surface area contributed by atoms with Crippen molar-refractivity contribution < 1.29 is 9.53 Å². The monoisotopic (exact) mass is 324 g/mol. The van der Waals surface area contributed by atoms with E-state index in [4.69, 9.17) is 27.9 Å². The summed E-state index contributed by atoms with van der Waals surface area (Å²) in [5, 5.41) is 0. The van der Waals surface area contributed by atoms with Crippen LogP contribution in [-0.4, -0.2) is 17.4 Å². The Morgan fingerprint density at radius 3 is 1.75 bits per heavy atom. The first-order valence-electron chi connectivity index (χ1n) is 8.10. The SMILES string of the molecule is CCCCCCCCCCCCCC(=O)OCC(Cl)Cl. The third-order valence-electron chi connectivity index (χ3n) is 3.35. The van der Waals surface area contributed by atoms with Crippen LogP contribution in [0.1, 0.15) is 84.0 Å². The lowest BCUT2D eigenvalue weighted by Gasteiger charge is -2.05. The number of halogens is 2. The Bertz CT molecular complexity index is 221. The molecule has 20 heavy (non-hydrogen) atoms. The molecule has 4 heteroatoms. The molecule has 0 aliphatic heterocycles. The third kappa shape index (κ3) is 16.1. The Labute approximate surface area is 134 Å². The Hall–Kier alpha value is 0.0500. The molecule has 0 amide bonds. The maximum Gasteiger partial charge on any atom is 0.305 e. The van der Waals surface area contributed by atoms with Crippen LogP contribution < -0.4 is 0 Å². The Balaban J connectivity index is 3.11. The van der Waals surface area contributed by atoms with Crippen molar-refractivity contribution in [2.45, 2.75) is 88.8 Å². The molecule has 0 radical (unpaired) electrons. The number of alkyl halides is 2. The third-order valence-corrected chi connectivity index (χ3v) is 3.61. The fraction of sp³-hybridized carbons (Fsp3) is 0.938. The van der Waals surface area contributed by atoms with E-state index in [0.717, 1.165) is 12.8 Å². The molecule has 0 N–H and O–H groups in total. The molecule has 0 aliphatic rings. The van der Waals surface area contributed by atoms with E-state index in [9.17, 15) is 4.79 Å². The van der Waals surface area contributed by atoms with Gasteiger partial charge in [-0.05, 0) is 6.42 Å². The van der Waals surface area contributed by atoms with Gasteiger partial charge in [-0.25, -0.2) is 0 Å². The van der Waals surface area contributed by atoms with E-state index in [2.05, 4.69) is 6.92 Å². The number of hydrogen-bond acceptors (Lipinski definition) is 2. The van der Waals surface area contributed by atoms with Gasteiger partial charge < -0.3 is 4.74 Å². The normalized spacial score (nSPS) is 11.0. The molecule has 2 nitrogen and oxygen atoms in total. The van der Waals surface area contributed by atoms with Gasteiger partial charge in [-0.2, -0.15) is 0 Å². The van der Waals surface area contributed by atoms with Crippen LogP contribution in [0.4, 0.5) is 0 Å². The van der Waals surface area contributed by atoms with Gasteiger partial charge in [0.05, 0.1) is 0 Å². The summed E-state index contributed by atoms with van der Waals surface area (Å²) in [6.45, 7) is 2.35. The maximum atomic E-state index is 11.3. The molecule has 120 valence electrons. The zero-order chi connectivity index (χ0) is 15.1. The van der Waals surface area contributed by atoms with E-state index in [1.54, 1.807) is 0 Å².